The third kappa shape index (κ3) is 3.74. The molecule has 2 unspecified atom stereocenters. The molecule has 1 heterocycles. The quantitative estimate of drug-likeness (QED) is 0.926. The van der Waals surface area contributed by atoms with E-state index >= 15 is 0 Å². The van der Waals surface area contributed by atoms with Crippen LogP contribution in [-0.2, 0) is 16.1 Å². The fourth-order valence-corrected chi connectivity index (χ4v) is 2.79. The summed E-state index contributed by atoms with van der Waals surface area (Å²) in [4.78, 5) is 25.1. The number of aliphatic carboxylic acids is 1. The molecule has 21 heavy (non-hydrogen) atoms. The summed E-state index contributed by atoms with van der Waals surface area (Å²) in [6, 6.07) is 8.56. The number of carbonyl (C=O) groups excluding carboxylic acids is 1. The number of likely N-dealkylation sites (tertiary alicyclic amines) is 1. The summed E-state index contributed by atoms with van der Waals surface area (Å²) in [5, 5.41) is 9.31. The van der Waals surface area contributed by atoms with E-state index in [1.54, 1.807) is 0 Å². The molecule has 2 rings (SSSR count). The molecule has 0 aromatic heterocycles. The lowest BCUT2D eigenvalue weighted by Gasteiger charge is -2.38. The number of ether oxygens (including phenoxy) is 1. The van der Waals surface area contributed by atoms with Crippen molar-refractivity contribution in [2.45, 2.75) is 51.3 Å². The van der Waals surface area contributed by atoms with Gasteiger partial charge in [-0.05, 0) is 31.2 Å². The Labute approximate surface area is 124 Å². The number of nitrogens with zero attached hydrogens (tertiary/aromatic N) is 1. The average molecular weight is 291 g/mol. The Balaban J connectivity index is 2.04. The lowest BCUT2D eigenvalue weighted by molar-refractivity contribution is -0.145. The fraction of sp³-hybridized carbons (Fsp3) is 0.500. The standard InChI is InChI=1S/C16H21NO4/c1-2-13-9-6-10-14(15(18)19)17(13)16(20)21-11-12-7-4-3-5-8-12/h3-5,7-8,13-14H,2,6,9-11H2,1H3,(H,18,19). The number of carboxylic acids is 1. The summed E-state index contributed by atoms with van der Waals surface area (Å²) in [6.07, 6.45) is 2.37. The highest BCUT2D eigenvalue weighted by atomic mass is 16.6. The molecule has 1 saturated heterocycles. The molecular weight excluding hydrogens is 270 g/mol. The Bertz CT molecular complexity index is 488. The fourth-order valence-electron chi connectivity index (χ4n) is 2.79. The Hall–Kier alpha value is -2.04. The summed E-state index contributed by atoms with van der Waals surface area (Å²) in [6.45, 7) is 2.13. The first-order chi connectivity index (χ1) is 10.1. The van der Waals surface area contributed by atoms with E-state index in [0.717, 1.165) is 24.8 Å². The van der Waals surface area contributed by atoms with Gasteiger partial charge in [-0.25, -0.2) is 9.59 Å². The van der Waals surface area contributed by atoms with Crippen molar-refractivity contribution in [2.24, 2.45) is 0 Å². The molecule has 1 aliphatic heterocycles. The second-order valence-corrected chi connectivity index (χ2v) is 5.29. The summed E-state index contributed by atoms with van der Waals surface area (Å²) < 4.78 is 5.30. The van der Waals surface area contributed by atoms with Crippen LogP contribution >= 0.6 is 0 Å². The van der Waals surface area contributed by atoms with Crippen LogP contribution in [0, 0.1) is 0 Å². The summed E-state index contributed by atoms with van der Waals surface area (Å²) in [7, 11) is 0. The third-order valence-electron chi connectivity index (χ3n) is 3.92. The zero-order valence-corrected chi connectivity index (χ0v) is 12.2. The van der Waals surface area contributed by atoms with Gasteiger partial charge in [-0.2, -0.15) is 0 Å². The third-order valence-corrected chi connectivity index (χ3v) is 3.92. The van der Waals surface area contributed by atoms with Crippen LogP contribution in [0.4, 0.5) is 4.79 Å². The van der Waals surface area contributed by atoms with Crippen LogP contribution in [0.1, 0.15) is 38.2 Å². The summed E-state index contributed by atoms with van der Waals surface area (Å²) >= 11 is 0. The second-order valence-electron chi connectivity index (χ2n) is 5.29. The van der Waals surface area contributed by atoms with E-state index in [2.05, 4.69) is 0 Å². The monoisotopic (exact) mass is 291 g/mol. The molecule has 0 radical (unpaired) electrons. The Morgan fingerprint density at radius 1 is 1.29 bits per heavy atom. The highest BCUT2D eigenvalue weighted by Crippen LogP contribution is 2.26. The van der Waals surface area contributed by atoms with Crippen molar-refractivity contribution >= 4 is 12.1 Å². The van der Waals surface area contributed by atoms with Crippen LogP contribution in [0.2, 0.25) is 0 Å². The van der Waals surface area contributed by atoms with Gasteiger partial charge in [-0.3, -0.25) is 4.90 Å². The maximum Gasteiger partial charge on any atom is 0.411 e. The second kappa shape index (κ2) is 7.11. The van der Waals surface area contributed by atoms with Gasteiger partial charge in [0.05, 0.1) is 0 Å². The van der Waals surface area contributed by atoms with E-state index in [1.165, 1.54) is 4.90 Å². The van der Waals surface area contributed by atoms with Gasteiger partial charge < -0.3 is 9.84 Å². The van der Waals surface area contributed by atoms with E-state index in [9.17, 15) is 14.7 Å². The van der Waals surface area contributed by atoms with Gasteiger partial charge in [-0.1, -0.05) is 37.3 Å². The van der Waals surface area contributed by atoms with Crippen molar-refractivity contribution in [1.29, 1.82) is 0 Å². The maximum atomic E-state index is 12.3. The molecule has 1 aromatic rings. The van der Waals surface area contributed by atoms with Crippen molar-refractivity contribution in [3.05, 3.63) is 35.9 Å². The van der Waals surface area contributed by atoms with Crippen molar-refractivity contribution in [1.82, 2.24) is 4.90 Å². The molecular formula is C16H21NO4. The number of rotatable bonds is 4. The van der Waals surface area contributed by atoms with E-state index in [-0.39, 0.29) is 12.6 Å². The molecule has 0 aliphatic carbocycles. The van der Waals surface area contributed by atoms with Crippen molar-refractivity contribution in [3.63, 3.8) is 0 Å². The SMILES string of the molecule is CCC1CCCC(C(=O)O)N1C(=O)OCc1ccccc1. The predicted octanol–water partition coefficient (Wildman–Crippen LogP) is 3.04. The van der Waals surface area contributed by atoms with Crippen LogP contribution in [0.15, 0.2) is 30.3 Å². The first-order valence-electron chi connectivity index (χ1n) is 7.35. The van der Waals surface area contributed by atoms with Crippen LogP contribution in [-0.4, -0.2) is 34.2 Å². The maximum absolute atomic E-state index is 12.3. The van der Waals surface area contributed by atoms with Gasteiger partial charge in [0, 0.05) is 6.04 Å². The molecule has 1 aromatic carbocycles. The van der Waals surface area contributed by atoms with Crippen molar-refractivity contribution in [2.75, 3.05) is 0 Å². The van der Waals surface area contributed by atoms with Gasteiger partial charge in [0.15, 0.2) is 0 Å². The zero-order valence-electron chi connectivity index (χ0n) is 12.2. The molecule has 114 valence electrons. The van der Waals surface area contributed by atoms with Crippen molar-refractivity contribution in [3.8, 4) is 0 Å². The van der Waals surface area contributed by atoms with Gasteiger partial charge in [0.2, 0.25) is 0 Å². The number of piperidine rings is 1. The van der Waals surface area contributed by atoms with E-state index < -0.39 is 18.1 Å². The molecule has 1 aliphatic rings. The summed E-state index contributed by atoms with van der Waals surface area (Å²) in [5.41, 5.74) is 0.891. The van der Waals surface area contributed by atoms with Gasteiger partial charge in [0.25, 0.3) is 0 Å². The predicted molar refractivity (Wildman–Crippen MR) is 77.8 cm³/mol. The van der Waals surface area contributed by atoms with Crippen LogP contribution in [0.3, 0.4) is 0 Å². The van der Waals surface area contributed by atoms with Crippen LogP contribution in [0.5, 0.6) is 0 Å². The van der Waals surface area contributed by atoms with Gasteiger partial charge in [0.1, 0.15) is 12.6 Å². The highest BCUT2D eigenvalue weighted by molar-refractivity contribution is 5.80. The van der Waals surface area contributed by atoms with Crippen molar-refractivity contribution < 1.29 is 19.4 Å². The zero-order chi connectivity index (χ0) is 15.2. The normalized spacial score (nSPS) is 21.9. The largest absolute Gasteiger partial charge is 0.480 e. The highest BCUT2D eigenvalue weighted by Gasteiger charge is 2.38. The number of carbonyl (C=O) groups is 2. The molecule has 0 spiro atoms. The number of benzene rings is 1. The Morgan fingerprint density at radius 3 is 2.62 bits per heavy atom. The number of hydrogen-bond acceptors (Lipinski definition) is 3. The van der Waals surface area contributed by atoms with Gasteiger partial charge in [-0.15, -0.1) is 0 Å². The Morgan fingerprint density at radius 2 is 2.00 bits per heavy atom. The average Bonchev–Trinajstić information content (AvgIpc) is 2.52. The molecule has 0 saturated carbocycles. The Kier molecular flexibility index (Phi) is 5.20. The molecule has 1 fully saturated rings. The van der Waals surface area contributed by atoms with E-state index in [4.69, 9.17) is 4.74 Å². The minimum absolute atomic E-state index is 0.0527. The number of carboxylic acid groups (broad SMARTS) is 1. The molecule has 5 heteroatoms. The lowest BCUT2D eigenvalue weighted by Crippen LogP contribution is -2.53. The first kappa shape index (κ1) is 15.4. The minimum atomic E-state index is -0.954. The number of hydrogen-bond donors (Lipinski definition) is 1. The lowest BCUT2D eigenvalue weighted by atomic mass is 9.94. The topological polar surface area (TPSA) is 66.8 Å². The smallest absolute Gasteiger partial charge is 0.411 e. The molecule has 0 bridgehead atoms. The van der Waals surface area contributed by atoms with E-state index in [1.807, 2.05) is 37.3 Å². The van der Waals surface area contributed by atoms with Crippen LogP contribution in [0.25, 0.3) is 0 Å². The molecule has 2 atom stereocenters. The molecule has 5 nitrogen and oxygen atoms in total. The molecule has 1 amide bonds. The van der Waals surface area contributed by atoms with E-state index in [0.29, 0.717) is 6.42 Å². The van der Waals surface area contributed by atoms with Gasteiger partial charge >= 0.3 is 12.1 Å². The molecule has 1 N–H and O–H groups in total. The first-order valence-corrected chi connectivity index (χ1v) is 7.35. The summed E-state index contributed by atoms with van der Waals surface area (Å²) in [5.74, 6) is -0.954. The number of amides is 1. The minimum Gasteiger partial charge on any atom is -0.480 e. The van der Waals surface area contributed by atoms with Crippen LogP contribution < -0.4 is 0 Å².